The Bertz CT molecular complexity index is 684. The predicted octanol–water partition coefficient (Wildman–Crippen LogP) is 2.73. The molecule has 1 amide bonds. The van der Waals surface area contributed by atoms with Crippen LogP contribution < -0.4 is 5.32 Å². The summed E-state index contributed by atoms with van der Waals surface area (Å²) in [6.45, 7) is 3.58. The number of rotatable bonds is 5. The molecule has 1 aromatic carbocycles. The SMILES string of the molecule is CCCCNC(=O)c1nnn2c1COC(c1ccc(Cl)cc1)C2. The minimum absolute atomic E-state index is 0.113. The lowest BCUT2D eigenvalue weighted by atomic mass is 10.1. The van der Waals surface area contributed by atoms with Gasteiger partial charge in [-0.3, -0.25) is 4.79 Å². The van der Waals surface area contributed by atoms with Crippen LogP contribution in [0.25, 0.3) is 0 Å². The molecule has 2 aromatic rings. The molecule has 1 unspecified atom stereocenters. The van der Waals surface area contributed by atoms with Crippen molar-refractivity contribution in [3.63, 3.8) is 0 Å². The van der Waals surface area contributed by atoms with Crippen molar-refractivity contribution in [2.45, 2.75) is 39.0 Å². The number of ether oxygens (including phenoxy) is 1. The Morgan fingerprint density at radius 3 is 2.96 bits per heavy atom. The Morgan fingerprint density at radius 2 is 2.22 bits per heavy atom. The summed E-state index contributed by atoms with van der Waals surface area (Å²) >= 11 is 5.91. The number of hydrogen-bond donors (Lipinski definition) is 1. The average Bonchev–Trinajstić information content (AvgIpc) is 2.99. The molecule has 1 N–H and O–H groups in total. The second kappa shape index (κ2) is 7.10. The third-order valence-corrected chi connectivity index (χ3v) is 4.12. The highest BCUT2D eigenvalue weighted by Gasteiger charge is 2.27. The van der Waals surface area contributed by atoms with E-state index >= 15 is 0 Å². The molecule has 0 aliphatic carbocycles. The van der Waals surface area contributed by atoms with Gasteiger partial charge in [-0.05, 0) is 24.1 Å². The normalized spacial score (nSPS) is 16.9. The fourth-order valence-corrected chi connectivity index (χ4v) is 2.66. The number of hydrogen-bond acceptors (Lipinski definition) is 4. The number of carbonyl (C=O) groups excluding carboxylic acids is 1. The molecule has 2 heterocycles. The number of fused-ring (bicyclic) bond motifs is 1. The number of benzene rings is 1. The van der Waals surface area contributed by atoms with E-state index in [-0.39, 0.29) is 12.0 Å². The van der Waals surface area contributed by atoms with E-state index in [1.807, 2.05) is 24.3 Å². The molecule has 122 valence electrons. The Labute approximate surface area is 139 Å². The largest absolute Gasteiger partial charge is 0.365 e. The van der Waals surface area contributed by atoms with Gasteiger partial charge in [0, 0.05) is 11.6 Å². The van der Waals surface area contributed by atoms with Gasteiger partial charge in [-0.25, -0.2) is 4.68 Å². The van der Waals surface area contributed by atoms with Crippen LogP contribution in [-0.2, 0) is 17.9 Å². The maximum Gasteiger partial charge on any atom is 0.273 e. The fourth-order valence-electron chi connectivity index (χ4n) is 2.53. The minimum Gasteiger partial charge on any atom is -0.365 e. The number of amides is 1. The van der Waals surface area contributed by atoms with Crippen LogP contribution in [0.5, 0.6) is 0 Å². The Morgan fingerprint density at radius 1 is 1.43 bits per heavy atom. The lowest BCUT2D eigenvalue weighted by molar-refractivity contribution is -0.00176. The van der Waals surface area contributed by atoms with E-state index in [0.29, 0.717) is 30.4 Å². The van der Waals surface area contributed by atoms with Gasteiger partial charge in [0.1, 0.15) is 6.10 Å². The first kappa shape index (κ1) is 16.0. The zero-order valence-corrected chi connectivity index (χ0v) is 13.7. The topological polar surface area (TPSA) is 69.0 Å². The number of nitrogens with zero attached hydrogens (tertiary/aromatic N) is 3. The van der Waals surface area contributed by atoms with Crippen LogP contribution in [0, 0.1) is 0 Å². The maximum atomic E-state index is 12.1. The summed E-state index contributed by atoms with van der Waals surface area (Å²) in [4.78, 5) is 12.1. The molecule has 1 aliphatic rings. The van der Waals surface area contributed by atoms with Crippen LogP contribution in [0.4, 0.5) is 0 Å². The molecule has 23 heavy (non-hydrogen) atoms. The van der Waals surface area contributed by atoms with Gasteiger partial charge in [-0.2, -0.15) is 0 Å². The van der Waals surface area contributed by atoms with Crippen molar-refractivity contribution in [1.82, 2.24) is 20.3 Å². The summed E-state index contributed by atoms with van der Waals surface area (Å²) < 4.78 is 7.63. The molecular weight excluding hydrogens is 316 g/mol. The molecule has 0 radical (unpaired) electrons. The van der Waals surface area contributed by atoms with E-state index in [0.717, 1.165) is 24.1 Å². The molecular formula is C16H19ClN4O2. The summed E-state index contributed by atoms with van der Waals surface area (Å²) in [6.07, 6.45) is 1.87. The van der Waals surface area contributed by atoms with Crippen LogP contribution in [0.1, 0.15) is 47.6 Å². The molecule has 7 heteroatoms. The van der Waals surface area contributed by atoms with E-state index < -0.39 is 0 Å². The lowest BCUT2D eigenvalue weighted by Crippen LogP contribution is -2.28. The van der Waals surface area contributed by atoms with Crippen molar-refractivity contribution in [2.75, 3.05) is 6.54 Å². The van der Waals surface area contributed by atoms with Gasteiger partial charge < -0.3 is 10.1 Å². The second-order valence-electron chi connectivity index (χ2n) is 5.53. The molecule has 0 saturated carbocycles. The lowest BCUT2D eigenvalue weighted by Gasteiger charge is -2.24. The summed E-state index contributed by atoms with van der Waals surface area (Å²) in [6, 6.07) is 7.55. The zero-order chi connectivity index (χ0) is 16.2. The van der Waals surface area contributed by atoms with Crippen molar-refractivity contribution in [2.24, 2.45) is 0 Å². The van der Waals surface area contributed by atoms with E-state index in [1.165, 1.54) is 0 Å². The first-order valence-corrected chi connectivity index (χ1v) is 8.14. The Balaban J connectivity index is 1.71. The molecule has 0 spiro atoms. The molecule has 0 bridgehead atoms. The molecule has 6 nitrogen and oxygen atoms in total. The van der Waals surface area contributed by atoms with E-state index in [9.17, 15) is 4.79 Å². The van der Waals surface area contributed by atoms with Gasteiger partial charge in [0.15, 0.2) is 5.69 Å². The van der Waals surface area contributed by atoms with Crippen molar-refractivity contribution in [3.05, 3.63) is 46.2 Å². The van der Waals surface area contributed by atoms with E-state index in [1.54, 1.807) is 4.68 Å². The van der Waals surface area contributed by atoms with Crippen molar-refractivity contribution < 1.29 is 9.53 Å². The van der Waals surface area contributed by atoms with Gasteiger partial charge in [-0.15, -0.1) is 5.10 Å². The minimum atomic E-state index is -0.187. The number of halogens is 1. The summed E-state index contributed by atoms with van der Waals surface area (Å²) in [5.41, 5.74) is 2.12. The van der Waals surface area contributed by atoms with Gasteiger partial charge in [-0.1, -0.05) is 42.3 Å². The fraction of sp³-hybridized carbons (Fsp3) is 0.438. The molecule has 1 atom stereocenters. The van der Waals surface area contributed by atoms with E-state index in [4.69, 9.17) is 16.3 Å². The summed E-state index contributed by atoms with van der Waals surface area (Å²) in [7, 11) is 0. The molecule has 0 saturated heterocycles. The highest BCUT2D eigenvalue weighted by atomic mass is 35.5. The van der Waals surface area contributed by atoms with Crippen molar-refractivity contribution >= 4 is 17.5 Å². The Hall–Kier alpha value is -1.92. The van der Waals surface area contributed by atoms with Crippen LogP contribution in [-0.4, -0.2) is 27.4 Å². The van der Waals surface area contributed by atoms with Crippen LogP contribution in [0.15, 0.2) is 24.3 Å². The monoisotopic (exact) mass is 334 g/mol. The molecule has 1 aliphatic heterocycles. The predicted molar refractivity (Wildman–Crippen MR) is 86.2 cm³/mol. The highest BCUT2D eigenvalue weighted by molar-refractivity contribution is 6.30. The standard InChI is InChI=1S/C16H19ClN4O2/c1-2-3-8-18-16(22)15-13-10-23-14(9-21(13)20-19-15)11-4-6-12(17)7-5-11/h4-7,14H,2-3,8-10H2,1H3,(H,18,22). The van der Waals surface area contributed by atoms with Gasteiger partial charge in [0.2, 0.25) is 0 Å². The summed E-state index contributed by atoms with van der Waals surface area (Å²) in [5, 5.41) is 11.7. The number of unbranched alkanes of at least 4 members (excludes halogenated alkanes) is 1. The number of aromatic nitrogens is 3. The highest BCUT2D eigenvalue weighted by Crippen LogP contribution is 2.27. The van der Waals surface area contributed by atoms with Crippen LogP contribution in [0.3, 0.4) is 0 Å². The quantitative estimate of drug-likeness (QED) is 0.854. The third-order valence-electron chi connectivity index (χ3n) is 3.87. The molecule has 1 aromatic heterocycles. The van der Waals surface area contributed by atoms with Gasteiger partial charge >= 0.3 is 0 Å². The number of nitrogens with one attached hydrogen (secondary N) is 1. The average molecular weight is 335 g/mol. The maximum absolute atomic E-state index is 12.1. The van der Waals surface area contributed by atoms with Crippen molar-refractivity contribution in [3.8, 4) is 0 Å². The zero-order valence-electron chi connectivity index (χ0n) is 13.0. The first-order valence-electron chi connectivity index (χ1n) is 7.76. The van der Waals surface area contributed by atoms with Crippen molar-refractivity contribution in [1.29, 1.82) is 0 Å². The van der Waals surface area contributed by atoms with E-state index in [2.05, 4.69) is 22.6 Å². The molecule has 3 rings (SSSR count). The second-order valence-corrected chi connectivity index (χ2v) is 5.96. The smallest absolute Gasteiger partial charge is 0.273 e. The third kappa shape index (κ3) is 3.54. The van der Waals surface area contributed by atoms with Crippen LogP contribution in [0.2, 0.25) is 5.02 Å². The number of carbonyl (C=O) groups is 1. The Kier molecular flexibility index (Phi) is 4.93. The van der Waals surface area contributed by atoms with Gasteiger partial charge in [0.05, 0.1) is 18.8 Å². The summed E-state index contributed by atoms with van der Waals surface area (Å²) in [5.74, 6) is -0.187. The first-order chi connectivity index (χ1) is 11.2. The van der Waals surface area contributed by atoms with Gasteiger partial charge in [0.25, 0.3) is 5.91 Å². The van der Waals surface area contributed by atoms with Crippen LogP contribution >= 0.6 is 11.6 Å². The molecule has 0 fully saturated rings.